The van der Waals surface area contributed by atoms with Crippen molar-refractivity contribution in [2.45, 2.75) is 13.3 Å². The maximum absolute atomic E-state index is 13.4. The van der Waals surface area contributed by atoms with Gasteiger partial charge in [0.1, 0.15) is 5.69 Å². The molecule has 1 rings (SSSR count). The first-order valence-corrected chi connectivity index (χ1v) is 5.32. The third-order valence-electron chi connectivity index (χ3n) is 2.47. The SMILES string of the molecule is CCN(CCCO)c1c(F)c(F)c(F)c(F)c1F. The van der Waals surface area contributed by atoms with E-state index in [1.807, 2.05) is 0 Å². The van der Waals surface area contributed by atoms with Crippen molar-refractivity contribution in [2.75, 3.05) is 24.6 Å². The minimum Gasteiger partial charge on any atom is -0.396 e. The van der Waals surface area contributed by atoms with Gasteiger partial charge in [-0.2, -0.15) is 0 Å². The van der Waals surface area contributed by atoms with Crippen molar-refractivity contribution >= 4 is 5.69 Å². The largest absolute Gasteiger partial charge is 0.396 e. The first-order valence-electron chi connectivity index (χ1n) is 5.32. The maximum atomic E-state index is 13.4. The van der Waals surface area contributed by atoms with Crippen LogP contribution >= 0.6 is 0 Å². The molecule has 7 heteroatoms. The van der Waals surface area contributed by atoms with E-state index in [-0.39, 0.29) is 26.1 Å². The van der Waals surface area contributed by atoms with Crippen LogP contribution in [0.15, 0.2) is 0 Å². The van der Waals surface area contributed by atoms with E-state index in [0.29, 0.717) is 0 Å². The summed E-state index contributed by atoms with van der Waals surface area (Å²) in [7, 11) is 0. The molecule has 1 aromatic rings. The van der Waals surface area contributed by atoms with E-state index < -0.39 is 34.8 Å². The highest BCUT2D eigenvalue weighted by molar-refractivity contribution is 5.50. The lowest BCUT2D eigenvalue weighted by molar-refractivity contribution is 0.289. The second-order valence-electron chi connectivity index (χ2n) is 3.58. The molecule has 0 aliphatic rings. The van der Waals surface area contributed by atoms with Gasteiger partial charge in [-0.3, -0.25) is 0 Å². The molecule has 0 atom stereocenters. The molecule has 0 heterocycles. The highest BCUT2D eigenvalue weighted by atomic mass is 19.2. The van der Waals surface area contributed by atoms with Gasteiger partial charge in [-0.25, -0.2) is 22.0 Å². The van der Waals surface area contributed by atoms with Crippen LogP contribution < -0.4 is 4.90 Å². The zero-order valence-electron chi connectivity index (χ0n) is 9.61. The molecule has 102 valence electrons. The van der Waals surface area contributed by atoms with Crippen molar-refractivity contribution in [1.29, 1.82) is 0 Å². The van der Waals surface area contributed by atoms with Crippen LogP contribution in [-0.4, -0.2) is 24.8 Å². The number of nitrogens with zero attached hydrogens (tertiary/aromatic N) is 1. The monoisotopic (exact) mass is 269 g/mol. The number of anilines is 1. The van der Waals surface area contributed by atoms with E-state index in [2.05, 4.69) is 0 Å². The fourth-order valence-corrected chi connectivity index (χ4v) is 1.56. The molecule has 0 saturated heterocycles. The standard InChI is InChI=1S/C11H12F5NO/c1-2-17(4-3-5-18)11-9(15)7(13)6(12)8(14)10(11)16/h18H,2-5H2,1H3. The maximum Gasteiger partial charge on any atom is 0.200 e. The number of aliphatic hydroxyl groups is 1. The van der Waals surface area contributed by atoms with Crippen molar-refractivity contribution in [1.82, 2.24) is 0 Å². The highest BCUT2D eigenvalue weighted by Gasteiger charge is 2.28. The number of benzene rings is 1. The Morgan fingerprint density at radius 1 is 0.889 bits per heavy atom. The fourth-order valence-electron chi connectivity index (χ4n) is 1.56. The molecular formula is C11H12F5NO. The van der Waals surface area contributed by atoms with Gasteiger partial charge >= 0.3 is 0 Å². The summed E-state index contributed by atoms with van der Waals surface area (Å²) in [6, 6.07) is 0. The normalized spacial score (nSPS) is 10.8. The molecule has 18 heavy (non-hydrogen) atoms. The van der Waals surface area contributed by atoms with Crippen molar-refractivity contribution in [3.05, 3.63) is 29.1 Å². The minimum atomic E-state index is -2.17. The molecule has 0 spiro atoms. The number of hydrogen-bond donors (Lipinski definition) is 1. The second kappa shape index (κ2) is 5.99. The van der Waals surface area contributed by atoms with Crippen LogP contribution in [0.4, 0.5) is 27.6 Å². The van der Waals surface area contributed by atoms with E-state index in [0.717, 1.165) is 4.90 Å². The van der Waals surface area contributed by atoms with Crippen LogP contribution in [0.2, 0.25) is 0 Å². The van der Waals surface area contributed by atoms with Gasteiger partial charge in [0, 0.05) is 19.7 Å². The zero-order valence-corrected chi connectivity index (χ0v) is 9.61. The van der Waals surface area contributed by atoms with E-state index in [9.17, 15) is 22.0 Å². The number of rotatable bonds is 5. The Bertz CT molecular complexity index is 409. The van der Waals surface area contributed by atoms with Crippen LogP contribution in [0.1, 0.15) is 13.3 Å². The average Bonchev–Trinajstić information content (AvgIpc) is 2.38. The molecule has 0 amide bonds. The predicted octanol–water partition coefficient (Wildman–Crippen LogP) is 2.59. The topological polar surface area (TPSA) is 23.5 Å². The average molecular weight is 269 g/mol. The molecule has 0 fully saturated rings. The number of aliphatic hydroxyl groups excluding tert-OH is 1. The predicted molar refractivity (Wildman–Crippen MR) is 55.8 cm³/mol. The van der Waals surface area contributed by atoms with E-state index in [1.54, 1.807) is 0 Å². The molecule has 2 nitrogen and oxygen atoms in total. The van der Waals surface area contributed by atoms with Gasteiger partial charge in [0.25, 0.3) is 0 Å². The lowest BCUT2D eigenvalue weighted by Crippen LogP contribution is -2.28. The summed E-state index contributed by atoms with van der Waals surface area (Å²) in [4.78, 5) is 0.993. The van der Waals surface area contributed by atoms with Crippen molar-refractivity contribution < 1.29 is 27.1 Å². The van der Waals surface area contributed by atoms with Gasteiger partial charge in [0.2, 0.25) is 5.82 Å². The summed E-state index contributed by atoms with van der Waals surface area (Å²) < 4.78 is 65.7. The first kappa shape index (κ1) is 14.7. The van der Waals surface area contributed by atoms with E-state index >= 15 is 0 Å². The number of hydrogen-bond acceptors (Lipinski definition) is 2. The quantitative estimate of drug-likeness (QED) is 0.504. The Labute approximate surface area is 101 Å². The Hall–Kier alpha value is -1.37. The molecule has 0 aliphatic carbocycles. The third-order valence-corrected chi connectivity index (χ3v) is 2.47. The Kier molecular flexibility index (Phi) is 4.89. The molecule has 0 unspecified atom stereocenters. The molecular weight excluding hydrogens is 257 g/mol. The highest BCUT2D eigenvalue weighted by Crippen LogP contribution is 2.30. The summed E-state index contributed by atoms with van der Waals surface area (Å²) in [6.07, 6.45) is 0.160. The molecule has 0 radical (unpaired) electrons. The van der Waals surface area contributed by atoms with Gasteiger partial charge in [-0.15, -0.1) is 0 Å². The second-order valence-corrected chi connectivity index (χ2v) is 3.58. The van der Waals surface area contributed by atoms with Crippen molar-refractivity contribution in [3.63, 3.8) is 0 Å². The third kappa shape index (κ3) is 2.55. The lowest BCUT2D eigenvalue weighted by atomic mass is 10.2. The fraction of sp³-hybridized carbons (Fsp3) is 0.455. The van der Waals surface area contributed by atoms with Gasteiger partial charge in [-0.1, -0.05) is 0 Å². The van der Waals surface area contributed by atoms with Gasteiger partial charge in [0.05, 0.1) is 0 Å². The van der Waals surface area contributed by atoms with Crippen LogP contribution in [0.25, 0.3) is 0 Å². The van der Waals surface area contributed by atoms with Crippen LogP contribution in [0.5, 0.6) is 0 Å². The molecule has 0 bridgehead atoms. The summed E-state index contributed by atoms with van der Waals surface area (Å²) in [5.41, 5.74) is -0.956. The summed E-state index contributed by atoms with van der Waals surface area (Å²) >= 11 is 0. The summed E-state index contributed by atoms with van der Waals surface area (Å²) in [5.74, 6) is -9.82. The van der Waals surface area contributed by atoms with Crippen LogP contribution in [0, 0.1) is 29.1 Å². The lowest BCUT2D eigenvalue weighted by Gasteiger charge is -2.24. The smallest absolute Gasteiger partial charge is 0.200 e. The number of halogens is 5. The van der Waals surface area contributed by atoms with Crippen molar-refractivity contribution in [3.8, 4) is 0 Å². The van der Waals surface area contributed by atoms with Gasteiger partial charge < -0.3 is 10.0 Å². The molecule has 1 aromatic carbocycles. The zero-order chi connectivity index (χ0) is 13.9. The van der Waals surface area contributed by atoms with Crippen molar-refractivity contribution in [2.24, 2.45) is 0 Å². The molecule has 1 N–H and O–H groups in total. The molecule has 0 aromatic heterocycles. The van der Waals surface area contributed by atoms with Gasteiger partial charge in [-0.05, 0) is 13.3 Å². The minimum absolute atomic E-state index is 0.00858. The molecule has 0 saturated carbocycles. The van der Waals surface area contributed by atoms with Gasteiger partial charge in [0.15, 0.2) is 23.3 Å². The Morgan fingerprint density at radius 2 is 1.33 bits per heavy atom. The first-order chi connectivity index (χ1) is 8.45. The summed E-state index contributed by atoms with van der Waals surface area (Å²) in [6.45, 7) is 1.31. The van der Waals surface area contributed by atoms with Crippen LogP contribution in [0.3, 0.4) is 0 Å². The Balaban J connectivity index is 3.30. The molecule has 0 aliphatic heterocycles. The summed E-state index contributed by atoms with van der Waals surface area (Å²) in [5, 5.41) is 8.63. The van der Waals surface area contributed by atoms with E-state index in [1.165, 1.54) is 6.92 Å². The van der Waals surface area contributed by atoms with Crippen LogP contribution in [-0.2, 0) is 0 Å². The Morgan fingerprint density at radius 3 is 1.72 bits per heavy atom. The van der Waals surface area contributed by atoms with E-state index in [4.69, 9.17) is 5.11 Å².